The summed E-state index contributed by atoms with van der Waals surface area (Å²) >= 11 is 5.91. The van der Waals surface area contributed by atoms with Gasteiger partial charge in [0.15, 0.2) is 0 Å². The summed E-state index contributed by atoms with van der Waals surface area (Å²) in [5.41, 5.74) is 7.98. The van der Waals surface area contributed by atoms with Crippen molar-refractivity contribution < 1.29 is 0 Å². The van der Waals surface area contributed by atoms with E-state index in [1.54, 1.807) is 0 Å². The molecule has 2 nitrogen and oxygen atoms in total. The maximum Gasteiger partial charge on any atom is 0.0426 e. The number of benzene rings is 1. The molecule has 1 aromatic carbocycles. The third-order valence-electron chi connectivity index (χ3n) is 3.73. The van der Waals surface area contributed by atoms with Gasteiger partial charge < -0.3 is 5.73 Å². The van der Waals surface area contributed by atoms with Gasteiger partial charge in [0, 0.05) is 23.3 Å². The topological polar surface area (TPSA) is 29.3 Å². The lowest BCUT2D eigenvalue weighted by atomic mass is 9.94. The van der Waals surface area contributed by atoms with Crippen LogP contribution in [-0.2, 0) is 6.54 Å². The van der Waals surface area contributed by atoms with Crippen molar-refractivity contribution in [2.24, 2.45) is 0 Å². The monoisotopic (exact) mass is 252 g/mol. The van der Waals surface area contributed by atoms with Crippen molar-refractivity contribution in [3.8, 4) is 0 Å². The van der Waals surface area contributed by atoms with Crippen molar-refractivity contribution in [2.45, 2.75) is 44.7 Å². The van der Waals surface area contributed by atoms with Crippen LogP contribution in [0.4, 0.5) is 5.69 Å². The van der Waals surface area contributed by atoms with E-state index in [2.05, 4.69) is 11.9 Å². The van der Waals surface area contributed by atoms with Gasteiger partial charge in [-0.1, -0.05) is 36.9 Å². The Balaban J connectivity index is 1.99. The highest BCUT2D eigenvalue weighted by Crippen LogP contribution is 2.25. The Hall–Kier alpha value is -0.730. The first-order chi connectivity index (χ1) is 8.16. The summed E-state index contributed by atoms with van der Waals surface area (Å²) < 4.78 is 0. The number of nitrogens with two attached hydrogens (primary N) is 1. The lowest BCUT2D eigenvalue weighted by molar-refractivity contribution is 0.185. The first-order valence-corrected chi connectivity index (χ1v) is 6.79. The molecule has 2 N–H and O–H groups in total. The molecule has 0 bridgehead atoms. The molecule has 3 heteroatoms. The van der Waals surface area contributed by atoms with Gasteiger partial charge in [-0.25, -0.2) is 0 Å². The molecule has 1 saturated carbocycles. The number of rotatable bonds is 3. The van der Waals surface area contributed by atoms with Crippen molar-refractivity contribution in [1.82, 2.24) is 4.90 Å². The highest BCUT2D eigenvalue weighted by molar-refractivity contribution is 6.30. The summed E-state index contributed by atoms with van der Waals surface area (Å²) in [7, 11) is 2.20. The molecule has 1 aliphatic rings. The fraction of sp³-hybridized carbons (Fsp3) is 0.571. The van der Waals surface area contributed by atoms with E-state index in [4.69, 9.17) is 17.3 Å². The average molecular weight is 253 g/mol. The summed E-state index contributed by atoms with van der Waals surface area (Å²) in [6.07, 6.45) is 6.78. The highest BCUT2D eigenvalue weighted by atomic mass is 35.5. The van der Waals surface area contributed by atoms with Crippen molar-refractivity contribution in [1.29, 1.82) is 0 Å². The zero-order valence-electron chi connectivity index (χ0n) is 10.5. The van der Waals surface area contributed by atoms with Gasteiger partial charge in [-0.2, -0.15) is 0 Å². The quantitative estimate of drug-likeness (QED) is 0.832. The molecule has 0 spiro atoms. The molecule has 0 heterocycles. The van der Waals surface area contributed by atoms with Crippen LogP contribution < -0.4 is 5.73 Å². The lowest BCUT2D eigenvalue weighted by Crippen LogP contribution is -2.33. The van der Waals surface area contributed by atoms with Crippen molar-refractivity contribution in [3.63, 3.8) is 0 Å². The van der Waals surface area contributed by atoms with Crippen LogP contribution in [0.3, 0.4) is 0 Å². The molecule has 2 rings (SSSR count). The molecule has 0 amide bonds. The van der Waals surface area contributed by atoms with Gasteiger partial charge in [0.2, 0.25) is 0 Å². The third kappa shape index (κ3) is 3.36. The minimum absolute atomic E-state index is 0.714. The number of hydrogen-bond donors (Lipinski definition) is 1. The Morgan fingerprint density at radius 1 is 1.29 bits per heavy atom. The maximum atomic E-state index is 5.99. The van der Waals surface area contributed by atoms with E-state index < -0.39 is 0 Å². The SMILES string of the molecule is CN(Cc1ccc(Cl)cc1N)C1CCCCC1. The number of hydrogen-bond acceptors (Lipinski definition) is 2. The first kappa shape index (κ1) is 12.7. The molecule has 1 fully saturated rings. The standard InChI is InChI=1S/C14H21ClN2/c1-17(13-5-3-2-4-6-13)10-11-7-8-12(15)9-14(11)16/h7-9,13H,2-6,10,16H2,1H3. The average Bonchev–Trinajstić information content (AvgIpc) is 2.34. The first-order valence-electron chi connectivity index (χ1n) is 6.41. The summed E-state index contributed by atoms with van der Waals surface area (Å²) in [4.78, 5) is 2.43. The van der Waals surface area contributed by atoms with E-state index in [1.165, 1.54) is 37.7 Å². The predicted octanol–water partition coefficient (Wildman–Crippen LogP) is 3.69. The van der Waals surface area contributed by atoms with Gasteiger partial charge >= 0.3 is 0 Å². The zero-order valence-corrected chi connectivity index (χ0v) is 11.2. The Bertz CT molecular complexity index is 372. The molecule has 1 aliphatic carbocycles. The van der Waals surface area contributed by atoms with Crippen LogP contribution in [0.1, 0.15) is 37.7 Å². The molecule has 1 aromatic rings. The van der Waals surface area contributed by atoms with E-state index in [0.29, 0.717) is 5.02 Å². The second-order valence-electron chi connectivity index (χ2n) is 5.05. The van der Waals surface area contributed by atoms with Gasteiger partial charge in [0.1, 0.15) is 0 Å². The fourth-order valence-electron chi connectivity index (χ4n) is 2.63. The summed E-state index contributed by atoms with van der Waals surface area (Å²) in [5, 5.41) is 0.714. The molecule has 0 aliphatic heterocycles. The third-order valence-corrected chi connectivity index (χ3v) is 3.96. The van der Waals surface area contributed by atoms with Gasteiger partial charge in [0.05, 0.1) is 0 Å². The van der Waals surface area contributed by atoms with Crippen LogP contribution in [0.15, 0.2) is 18.2 Å². The molecule has 0 saturated heterocycles. The summed E-state index contributed by atoms with van der Waals surface area (Å²) in [6.45, 7) is 0.924. The largest absolute Gasteiger partial charge is 0.398 e. The van der Waals surface area contributed by atoms with Crippen LogP contribution in [-0.4, -0.2) is 18.0 Å². The maximum absolute atomic E-state index is 5.99. The van der Waals surface area contributed by atoms with Crippen LogP contribution in [0.5, 0.6) is 0 Å². The van der Waals surface area contributed by atoms with Crippen LogP contribution in [0.25, 0.3) is 0 Å². The molecule has 0 unspecified atom stereocenters. The van der Waals surface area contributed by atoms with Gasteiger partial charge in [-0.15, -0.1) is 0 Å². The molecular weight excluding hydrogens is 232 g/mol. The zero-order chi connectivity index (χ0) is 12.3. The summed E-state index contributed by atoms with van der Waals surface area (Å²) in [5.74, 6) is 0. The van der Waals surface area contributed by atoms with Crippen LogP contribution in [0, 0.1) is 0 Å². The van der Waals surface area contributed by atoms with Gasteiger partial charge in [0.25, 0.3) is 0 Å². The smallest absolute Gasteiger partial charge is 0.0426 e. The second-order valence-corrected chi connectivity index (χ2v) is 5.49. The molecule has 0 radical (unpaired) electrons. The van der Waals surface area contributed by atoms with E-state index in [9.17, 15) is 0 Å². The highest BCUT2D eigenvalue weighted by Gasteiger charge is 2.18. The van der Waals surface area contributed by atoms with Crippen molar-refractivity contribution in [3.05, 3.63) is 28.8 Å². The van der Waals surface area contributed by atoms with E-state index in [0.717, 1.165) is 18.3 Å². The fourth-order valence-corrected chi connectivity index (χ4v) is 2.81. The Morgan fingerprint density at radius 3 is 2.65 bits per heavy atom. The van der Waals surface area contributed by atoms with E-state index >= 15 is 0 Å². The Kier molecular flexibility index (Phi) is 4.30. The predicted molar refractivity (Wildman–Crippen MR) is 74.2 cm³/mol. The number of nitrogen functional groups attached to an aromatic ring is 1. The van der Waals surface area contributed by atoms with Gasteiger partial charge in [-0.3, -0.25) is 4.90 Å². The minimum atomic E-state index is 0.714. The molecular formula is C14H21ClN2. The number of anilines is 1. The number of nitrogens with zero attached hydrogens (tertiary/aromatic N) is 1. The summed E-state index contributed by atoms with van der Waals surface area (Å²) in [6, 6.07) is 6.52. The normalized spacial score (nSPS) is 17.6. The van der Waals surface area contributed by atoms with E-state index in [-0.39, 0.29) is 0 Å². The van der Waals surface area contributed by atoms with Crippen molar-refractivity contribution >= 4 is 17.3 Å². The van der Waals surface area contributed by atoms with E-state index in [1.807, 2.05) is 18.2 Å². The van der Waals surface area contributed by atoms with Gasteiger partial charge in [-0.05, 0) is 37.6 Å². The minimum Gasteiger partial charge on any atom is -0.398 e. The van der Waals surface area contributed by atoms with Crippen LogP contribution in [0.2, 0.25) is 5.02 Å². The van der Waals surface area contributed by atoms with Crippen LogP contribution >= 0.6 is 11.6 Å². The molecule has 0 aromatic heterocycles. The second kappa shape index (κ2) is 5.74. The Morgan fingerprint density at radius 2 is 2.00 bits per heavy atom. The Labute approximate surface area is 109 Å². The molecule has 94 valence electrons. The molecule has 0 atom stereocenters. The van der Waals surface area contributed by atoms with Crippen molar-refractivity contribution in [2.75, 3.05) is 12.8 Å². The number of halogens is 1. The lowest BCUT2D eigenvalue weighted by Gasteiger charge is -2.31. The molecule has 17 heavy (non-hydrogen) atoms.